The van der Waals surface area contributed by atoms with E-state index in [-0.39, 0.29) is 11.3 Å². The van der Waals surface area contributed by atoms with Gasteiger partial charge in [0.25, 0.3) is 5.56 Å². The predicted octanol–water partition coefficient (Wildman–Crippen LogP) is 2.91. The Kier molecular flexibility index (Phi) is 4.81. The van der Waals surface area contributed by atoms with Crippen molar-refractivity contribution in [3.63, 3.8) is 0 Å². The summed E-state index contributed by atoms with van der Waals surface area (Å²) < 4.78 is 6.69. The number of fused-ring (bicyclic) bond motifs is 1. The van der Waals surface area contributed by atoms with E-state index in [1.54, 1.807) is 37.4 Å². The molecule has 0 saturated heterocycles. The van der Waals surface area contributed by atoms with E-state index < -0.39 is 6.09 Å². The van der Waals surface area contributed by atoms with E-state index in [2.05, 4.69) is 15.3 Å². The fourth-order valence-electron chi connectivity index (χ4n) is 2.70. The van der Waals surface area contributed by atoms with Crippen LogP contribution >= 0.6 is 11.8 Å². The van der Waals surface area contributed by atoms with Gasteiger partial charge in [0.05, 0.1) is 12.8 Å². The van der Waals surface area contributed by atoms with Gasteiger partial charge in [0.1, 0.15) is 0 Å². The Labute approximate surface area is 152 Å². The summed E-state index contributed by atoms with van der Waals surface area (Å²) in [6.45, 7) is 1.78. The molecule has 0 aliphatic carbocycles. The number of nitrogens with one attached hydrogen (secondary N) is 1. The molecule has 1 amide bonds. The average molecular weight is 372 g/mol. The van der Waals surface area contributed by atoms with E-state index in [9.17, 15) is 9.59 Å². The summed E-state index contributed by atoms with van der Waals surface area (Å²) in [7, 11) is 1.43. The van der Waals surface area contributed by atoms with Gasteiger partial charge in [0.2, 0.25) is 0 Å². The molecule has 1 aromatic carbocycles. The van der Waals surface area contributed by atoms with Crippen LogP contribution in [0.3, 0.4) is 0 Å². The van der Waals surface area contributed by atoms with Crippen molar-refractivity contribution in [1.82, 2.24) is 14.5 Å². The highest BCUT2D eigenvalue weighted by Gasteiger charge is 2.18. The molecule has 2 aromatic heterocycles. The van der Waals surface area contributed by atoms with Crippen LogP contribution in [-0.2, 0) is 0 Å². The number of anilines is 1. The lowest BCUT2D eigenvalue weighted by Gasteiger charge is -2.15. The van der Waals surface area contributed by atoms with Gasteiger partial charge in [-0.15, -0.1) is 0 Å². The molecule has 134 valence electrons. The summed E-state index contributed by atoms with van der Waals surface area (Å²) in [6.07, 6.45) is 2.31. The number of aromatic nitrogens is 3. The first-order valence-corrected chi connectivity index (χ1v) is 8.79. The number of amides is 1. The van der Waals surface area contributed by atoms with Gasteiger partial charge in [-0.25, -0.2) is 14.8 Å². The molecule has 3 aromatic rings. The number of rotatable bonds is 4. The minimum atomic E-state index is -1.19. The SMILES string of the molecule is COc1c(C)c2cnc(SC)nc2n(-c2cccc(NC(=O)O)c2)c1=O. The molecule has 0 aliphatic rings. The van der Waals surface area contributed by atoms with E-state index in [4.69, 9.17) is 9.84 Å². The van der Waals surface area contributed by atoms with Crippen molar-refractivity contribution in [3.8, 4) is 11.4 Å². The number of thioether (sulfide) groups is 1. The minimum absolute atomic E-state index is 0.189. The van der Waals surface area contributed by atoms with Gasteiger partial charge in [-0.2, -0.15) is 0 Å². The van der Waals surface area contributed by atoms with Gasteiger partial charge >= 0.3 is 6.09 Å². The summed E-state index contributed by atoms with van der Waals surface area (Å²) in [5, 5.41) is 12.4. The van der Waals surface area contributed by atoms with Crippen LogP contribution in [0.1, 0.15) is 5.56 Å². The molecule has 2 N–H and O–H groups in total. The van der Waals surface area contributed by atoms with Crippen molar-refractivity contribution in [2.45, 2.75) is 12.1 Å². The third kappa shape index (κ3) is 3.08. The lowest BCUT2D eigenvalue weighted by atomic mass is 10.1. The van der Waals surface area contributed by atoms with Gasteiger partial charge < -0.3 is 9.84 Å². The zero-order valence-electron chi connectivity index (χ0n) is 14.3. The lowest BCUT2D eigenvalue weighted by molar-refractivity contribution is 0.210. The van der Waals surface area contributed by atoms with Crippen molar-refractivity contribution in [2.24, 2.45) is 0 Å². The number of hydrogen-bond donors (Lipinski definition) is 2. The Morgan fingerprint density at radius 3 is 2.81 bits per heavy atom. The molecular weight excluding hydrogens is 356 g/mol. The largest absolute Gasteiger partial charge is 0.491 e. The van der Waals surface area contributed by atoms with Crippen molar-refractivity contribution in [2.75, 3.05) is 18.7 Å². The number of benzene rings is 1. The fourth-order valence-corrected chi connectivity index (χ4v) is 3.03. The molecule has 0 bridgehead atoms. The van der Waals surface area contributed by atoms with E-state index >= 15 is 0 Å². The fraction of sp³-hybridized carbons (Fsp3) is 0.176. The molecule has 0 spiro atoms. The molecule has 0 aliphatic heterocycles. The molecule has 0 unspecified atom stereocenters. The van der Waals surface area contributed by atoms with E-state index in [0.717, 1.165) is 0 Å². The first-order chi connectivity index (χ1) is 12.5. The third-order valence-corrected chi connectivity index (χ3v) is 4.40. The molecular formula is C17H16N4O4S. The molecule has 26 heavy (non-hydrogen) atoms. The van der Waals surface area contributed by atoms with Crippen molar-refractivity contribution in [3.05, 3.63) is 46.4 Å². The predicted molar refractivity (Wildman–Crippen MR) is 99.9 cm³/mol. The van der Waals surface area contributed by atoms with Crippen molar-refractivity contribution < 1.29 is 14.6 Å². The van der Waals surface area contributed by atoms with E-state index in [0.29, 0.717) is 33.1 Å². The maximum Gasteiger partial charge on any atom is 0.409 e. The highest BCUT2D eigenvalue weighted by molar-refractivity contribution is 7.98. The summed E-state index contributed by atoms with van der Waals surface area (Å²) in [5.41, 5.74) is 1.51. The Morgan fingerprint density at radius 2 is 2.15 bits per heavy atom. The number of hydrogen-bond acceptors (Lipinski definition) is 6. The normalized spacial score (nSPS) is 10.7. The second-order valence-corrected chi connectivity index (χ2v) is 6.15. The Balaban J connectivity index is 2.37. The zero-order chi connectivity index (χ0) is 18.8. The number of carbonyl (C=O) groups is 1. The number of ether oxygens (including phenoxy) is 1. The third-order valence-electron chi connectivity index (χ3n) is 3.84. The van der Waals surface area contributed by atoms with E-state index in [1.165, 1.54) is 23.4 Å². The average Bonchev–Trinajstić information content (AvgIpc) is 2.61. The number of methoxy groups -OCH3 is 1. The summed E-state index contributed by atoms with van der Waals surface area (Å²) in [5.74, 6) is 0.189. The van der Waals surface area contributed by atoms with Gasteiger partial charge in [-0.3, -0.25) is 14.7 Å². The quantitative estimate of drug-likeness (QED) is 0.536. The van der Waals surface area contributed by atoms with Crippen LogP contribution in [-0.4, -0.2) is 39.1 Å². The van der Waals surface area contributed by atoms with Crippen LogP contribution in [0.15, 0.2) is 40.4 Å². The highest BCUT2D eigenvalue weighted by Crippen LogP contribution is 2.26. The van der Waals surface area contributed by atoms with Crippen molar-refractivity contribution >= 4 is 34.6 Å². The number of pyridine rings is 1. The lowest BCUT2D eigenvalue weighted by Crippen LogP contribution is -2.23. The monoisotopic (exact) mass is 372 g/mol. The molecule has 0 fully saturated rings. The zero-order valence-corrected chi connectivity index (χ0v) is 15.1. The smallest absolute Gasteiger partial charge is 0.409 e. The summed E-state index contributed by atoms with van der Waals surface area (Å²) in [4.78, 5) is 32.7. The van der Waals surface area contributed by atoms with Crippen LogP contribution in [0.25, 0.3) is 16.7 Å². The topological polar surface area (TPSA) is 106 Å². The number of nitrogens with zero attached hydrogens (tertiary/aromatic N) is 3. The first-order valence-electron chi connectivity index (χ1n) is 7.57. The molecule has 2 heterocycles. The Hall–Kier alpha value is -3.07. The van der Waals surface area contributed by atoms with Gasteiger partial charge in [-0.05, 0) is 31.4 Å². The standard InChI is InChI=1S/C17H16N4O4S/c1-9-12-8-18-16(26-3)20-14(12)21(15(22)13(9)25-2)11-6-4-5-10(7-11)19-17(23)24/h4-8,19H,1-3H3,(H,23,24). The molecule has 0 saturated carbocycles. The van der Waals surface area contributed by atoms with Crippen molar-refractivity contribution in [1.29, 1.82) is 0 Å². The molecule has 0 atom stereocenters. The van der Waals surface area contributed by atoms with Crippen LogP contribution < -0.4 is 15.6 Å². The van der Waals surface area contributed by atoms with Crippen LogP contribution in [0.4, 0.5) is 10.5 Å². The first kappa shape index (κ1) is 17.7. The maximum atomic E-state index is 13.0. The summed E-state index contributed by atoms with van der Waals surface area (Å²) >= 11 is 1.36. The highest BCUT2D eigenvalue weighted by atomic mass is 32.2. The molecule has 9 heteroatoms. The Bertz CT molecular complexity index is 1060. The molecule has 8 nitrogen and oxygen atoms in total. The van der Waals surface area contributed by atoms with Crippen LogP contribution in [0.2, 0.25) is 0 Å². The van der Waals surface area contributed by atoms with E-state index in [1.807, 2.05) is 6.26 Å². The van der Waals surface area contributed by atoms with Crippen LogP contribution in [0, 0.1) is 6.92 Å². The van der Waals surface area contributed by atoms with Crippen LogP contribution in [0.5, 0.6) is 5.75 Å². The van der Waals surface area contributed by atoms with Gasteiger partial charge in [-0.1, -0.05) is 17.8 Å². The molecule has 0 radical (unpaired) electrons. The molecule has 3 rings (SSSR count). The van der Waals surface area contributed by atoms with Gasteiger partial charge in [0, 0.05) is 22.8 Å². The minimum Gasteiger partial charge on any atom is -0.491 e. The Morgan fingerprint density at radius 1 is 1.38 bits per heavy atom. The second-order valence-electron chi connectivity index (χ2n) is 5.37. The maximum absolute atomic E-state index is 13.0. The number of aryl methyl sites for hydroxylation is 1. The second kappa shape index (κ2) is 7.04. The number of carboxylic acid groups (broad SMARTS) is 1. The summed E-state index contributed by atoms with van der Waals surface area (Å²) in [6, 6.07) is 6.51. The van der Waals surface area contributed by atoms with Gasteiger partial charge in [0.15, 0.2) is 16.6 Å².